The SMILES string of the molecule is CCCCC1N=Cc2c([nH]c(=O)n2C(=O)N(C)CC)N1. The lowest BCUT2D eigenvalue weighted by atomic mass is 10.2. The van der Waals surface area contributed by atoms with Crippen LogP contribution in [0.3, 0.4) is 0 Å². The summed E-state index contributed by atoms with van der Waals surface area (Å²) in [5.41, 5.74) is 0.0587. The maximum absolute atomic E-state index is 12.2. The number of aromatic amines is 1. The van der Waals surface area contributed by atoms with Crippen molar-refractivity contribution in [3.63, 3.8) is 0 Å². The van der Waals surface area contributed by atoms with E-state index in [1.165, 1.54) is 4.90 Å². The average molecular weight is 279 g/mol. The molecule has 1 aromatic heterocycles. The molecule has 1 aliphatic rings. The number of aliphatic imine (C=N–C) groups is 1. The Hall–Kier alpha value is -2.05. The molecular weight excluding hydrogens is 258 g/mol. The predicted molar refractivity (Wildman–Crippen MR) is 78.7 cm³/mol. The van der Waals surface area contributed by atoms with Gasteiger partial charge in [-0.3, -0.25) is 9.98 Å². The number of nitrogens with zero attached hydrogens (tertiary/aromatic N) is 3. The predicted octanol–water partition coefficient (Wildman–Crippen LogP) is 1.46. The maximum Gasteiger partial charge on any atom is 0.336 e. The van der Waals surface area contributed by atoms with Crippen LogP contribution in [0.4, 0.5) is 10.6 Å². The van der Waals surface area contributed by atoms with Gasteiger partial charge in [0.1, 0.15) is 17.7 Å². The molecule has 7 nitrogen and oxygen atoms in total. The number of anilines is 1. The first-order valence-corrected chi connectivity index (χ1v) is 6.98. The number of aromatic nitrogens is 2. The zero-order valence-corrected chi connectivity index (χ0v) is 12.1. The smallest absolute Gasteiger partial charge is 0.336 e. The van der Waals surface area contributed by atoms with E-state index in [9.17, 15) is 9.59 Å². The van der Waals surface area contributed by atoms with Gasteiger partial charge in [-0.25, -0.2) is 14.2 Å². The van der Waals surface area contributed by atoms with Crippen LogP contribution >= 0.6 is 0 Å². The molecule has 2 rings (SSSR count). The Morgan fingerprint density at radius 1 is 1.50 bits per heavy atom. The van der Waals surface area contributed by atoms with Gasteiger partial charge in [0.2, 0.25) is 0 Å². The Balaban J connectivity index is 2.27. The third-order valence-electron chi connectivity index (χ3n) is 3.44. The first-order valence-electron chi connectivity index (χ1n) is 6.98. The third-order valence-corrected chi connectivity index (χ3v) is 3.44. The van der Waals surface area contributed by atoms with Gasteiger partial charge in [-0.05, 0) is 19.8 Å². The number of H-pyrrole nitrogens is 1. The van der Waals surface area contributed by atoms with Crippen molar-refractivity contribution in [1.82, 2.24) is 14.5 Å². The van der Waals surface area contributed by atoms with Crippen LogP contribution in [0.2, 0.25) is 0 Å². The fourth-order valence-corrected chi connectivity index (χ4v) is 2.08. The quantitative estimate of drug-likeness (QED) is 0.875. The largest absolute Gasteiger partial charge is 0.348 e. The minimum Gasteiger partial charge on any atom is -0.348 e. The highest BCUT2D eigenvalue weighted by Crippen LogP contribution is 2.18. The second-order valence-corrected chi connectivity index (χ2v) is 4.90. The van der Waals surface area contributed by atoms with E-state index in [1.807, 2.05) is 6.92 Å². The third kappa shape index (κ3) is 2.61. The molecule has 0 radical (unpaired) electrons. The summed E-state index contributed by atoms with van der Waals surface area (Å²) >= 11 is 0. The monoisotopic (exact) mass is 279 g/mol. The molecule has 1 atom stereocenters. The van der Waals surface area contributed by atoms with Gasteiger partial charge < -0.3 is 10.2 Å². The van der Waals surface area contributed by atoms with E-state index < -0.39 is 5.69 Å². The fraction of sp³-hybridized carbons (Fsp3) is 0.615. The first-order chi connectivity index (χ1) is 9.58. The highest BCUT2D eigenvalue weighted by molar-refractivity contribution is 5.92. The summed E-state index contributed by atoms with van der Waals surface area (Å²) in [7, 11) is 1.66. The van der Waals surface area contributed by atoms with Gasteiger partial charge in [-0.2, -0.15) is 0 Å². The molecule has 0 aromatic carbocycles. The van der Waals surface area contributed by atoms with Crippen molar-refractivity contribution in [3.8, 4) is 0 Å². The summed E-state index contributed by atoms with van der Waals surface area (Å²) in [4.78, 5) is 32.6. The van der Waals surface area contributed by atoms with Gasteiger partial charge in [0.15, 0.2) is 0 Å². The van der Waals surface area contributed by atoms with Crippen molar-refractivity contribution in [1.29, 1.82) is 0 Å². The van der Waals surface area contributed by atoms with E-state index in [4.69, 9.17) is 0 Å². The molecule has 0 aliphatic carbocycles. The minimum atomic E-state index is -0.435. The molecule has 1 amide bonds. The summed E-state index contributed by atoms with van der Waals surface area (Å²) in [5.74, 6) is 0.573. The second-order valence-electron chi connectivity index (χ2n) is 4.90. The van der Waals surface area contributed by atoms with E-state index >= 15 is 0 Å². The van der Waals surface area contributed by atoms with Crippen LogP contribution in [-0.4, -0.2) is 46.5 Å². The van der Waals surface area contributed by atoms with Crippen LogP contribution in [0.25, 0.3) is 0 Å². The van der Waals surface area contributed by atoms with Crippen LogP contribution in [-0.2, 0) is 0 Å². The average Bonchev–Trinajstić information content (AvgIpc) is 2.78. The second kappa shape index (κ2) is 5.94. The first kappa shape index (κ1) is 14.4. The molecule has 0 saturated carbocycles. The Kier molecular flexibility index (Phi) is 4.26. The summed E-state index contributed by atoms with van der Waals surface area (Å²) in [6.07, 6.45) is 4.63. The van der Waals surface area contributed by atoms with Gasteiger partial charge in [0.05, 0.1) is 6.21 Å². The minimum absolute atomic E-state index is 0.0343. The number of carbonyl (C=O) groups is 1. The van der Waals surface area contributed by atoms with Crippen molar-refractivity contribution >= 4 is 18.1 Å². The molecule has 0 fully saturated rings. The van der Waals surface area contributed by atoms with Crippen LogP contribution < -0.4 is 11.0 Å². The van der Waals surface area contributed by atoms with Gasteiger partial charge in [0, 0.05) is 13.6 Å². The highest BCUT2D eigenvalue weighted by Gasteiger charge is 2.24. The number of hydrogen-bond acceptors (Lipinski definition) is 4. The Morgan fingerprint density at radius 3 is 2.90 bits per heavy atom. The molecule has 1 aliphatic heterocycles. The zero-order valence-electron chi connectivity index (χ0n) is 12.1. The van der Waals surface area contributed by atoms with E-state index in [0.717, 1.165) is 23.8 Å². The van der Waals surface area contributed by atoms with Crippen molar-refractivity contribution in [2.24, 2.45) is 4.99 Å². The summed E-state index contributed by atoms with van der Waals surface area (Å²) in [6.45, 7) is 4.51. The normalized spacial score (nSPS) is 16.6. The molecule has 7 heteroatoms. The van der Waals surface area contributed by atoms with Crippen LogP contribution in [0.1, 0.15) is 38.8 Å². The van der Waals surface area contributed by atoms with E-state index in [1.54, 1.807) is 13.3 Å². The highest BCUT2D eigenvalue weighted by atomic mass is 16.2. The molecule has 1 unspecified atom stereocenters. The lowest BCUT2D eigenvalue weighted by Gasteiger charge is -2.20. The number of nitrogens with one attached hydrogen (secondary N) is 2. The lowest BCUT2D eigenvalue weighted by molar-refractivity contribution is 0.212. The lowest BCUT2D eigenvalue weighted by Crippen LogP contribution is -2.37. The van der Waals surface area contributed by atoms with Gasteiger partial charge in [0.25, 0.3) is 0 Å². The van der Waals surface area contributed by atoms with Crippen molar-refractivity contribution in [3.05, 3.63) is 16.2 Å². The van der Waals surface area contributed by atoms with Crippen molar-refractivity contribution in [2.75, 3.05) is 18.9 Å². The Bertz CT molecular complexity index is 572. The number of imidazole rings is 1. The molecular formula is C13H21N5O2. The standard InChI is InChI=1S/C13H21N5O2/c1-4-6-7-10-14-8-9-11(15-10)16-12(19)18(9)13(20)17(3)5-2/h8,10,15H,4-7H2,1-3H3,(H,16,19). The van der Waals surface area contributed by atoms with Crippen molar-refractivity contribution in [2.45, 2.75) is 39.3 Å². The zero-order chi connectivity index (χ0) is 14.7. The van der Waals surface area contributed by atoms with Crippen LogP contribution in [0.15, 0.2) is 9.79 Å². The van der Waals surface area contributed by atoms with Crippen LogP contribution in [0.5, 0.6) is 0 Å². The number of hydrogen-bond donors (Lipinski definition) is 2. The Morgan fingerprint density at radius 2 is 2.25 bits per heavy atom. The fourth-order valence-electron chi connectivity index (χ4n) is 2.08. The molecule has 20 heavy (non-hydrogen) atoms. The number of rotatable bonds is 4. The molecule has 110 valence electrons. The summed E-state index contributed by atoms with van der Waals surface area (Å²) in [6, 6.07) is -0.352. The molecule has 0 bridgehead atoms. The number of fused-ring (bicyclic) bond motifs is 1. The number of unbranched alkanes of at least 4 members (excludes halogenated alkanes) is 1. The van der Waals surface area contributed by atoms with E-state index in [0.29, 0.717) is 18.1 Å². The van der Waals surface area contributed by atoms with Crippen molar-refractivity contribution < 1.29 is 4.79 Å². The number of carbonyl (C=O) groups excluding carboxylic acids is 1. The van der Waals surface area contributed by atoms with Gasteiger partial charge in [-0.1, -0.05) is 13.3 Å². The molecule has 2 N–H and O–H groups in total. The van der Waals surface area contributed by atoms with Crippen LogP contribution in [0, 0.1) is 0 Å². The van der Waals surface area contributed by atoms with E-state index in [-0.39, 0.29) is 12.2 Å². The number of amides is 1. The molecule has 1 aromatic rings. The topological polar surface area (TPSA) is 82.5 Å². The molecule has 2 heterocycles. The summed E-state index contributed by atoms with van der Waals surface area (Å²) in [5, 5.41) is 3.16. The van der Waals surface area contributed by atoms with E-state index in [2.05, 4.69) is 22.2 Å². The maximum atomic E-state index is 12.2. The summed E-state index contributed by atoms with van der Waals surface area (Å²) < 4.78 is 1.12. The molecule has 0 saturated heterocycles. The Labute approximate surface area is 117 Å². The van der Waals surface area contributed by atoms with Gasteiger partial charge in [-0.15, -0.1) is 0 Å². The molecule has 0 spiro atoms. The van der Waals surface area contributed by atoms with Gasteiger partial charge >= 0.3 is 11.7 Å².